The van der Waals surface area contributed by atoms with Crippen LogP contribution in [-0.2, 0) is 0 Å². The van der Waals surface area contributed by atoms with E-state index >= 15 is 0 Å². The molecule has 1 aliphatic rings. The molecule has 4 heteroatoms. The van der Waals surface area contributed by atoms with Gasteiger partial charge in [0.05, 0.1) is 0 Å². The van der Waals surface area contributed by atoms with Crippen molar-refractivity contribution in [2.75, 3.05) is 31.1 Å². The van der Waals surface area contributed by atoms with Crippen LogP contribution in [0, 0.1) is 0 Å². The van der Waals surface area contributed by atoms with Crippen LogP contribution >= 0.6 is 11.6 Å². The lowest BCUT2D eigenvalue weighted by Crippen LogP contribution is -2.43. The Morgan fingerprint density at radius 1 is 1.20 bits per heavy atom. The molecule has 2 rings (SSSR count). The van der Waals surface area contributed by atoms with E-state index in [1.54, 1.807) is 12.1 Å². The Labute approximate surface area is 94.0 Å². The van der Waals surface area contributed by atoms with Crippen molar-refractivity contribution >= 4 is 22.5 Å². The van der Waals surface area contributed by atoms with Crippen molar-refractivity contribution in [3.63, 3.8) is 0 Å². The van der Waals surface area contributed by atoms with Crippen LogP contribution in [0.4, 0.5) is 5.69 Å². The number of piperazine rings is 1. The molecule has 0 unspecified atom stereocenters. The smallest absolute Gasteiger partial charge is 0.252 e. The summed E-state index contributed by atoms with van der Waals surface area (Å²) < 4.78 is 0. The SMILES string of the molecule is O=C(Cl)c1ccc(N2CCNCC2)cc1. The maximum atomic E-state index is 10.9. The number of benzene rings is 1. The second kappa shape index (κ2) is 4.64. The number of rotatable bonds is 2. The minimum absolute atomic E-state index is 0.401. The highest BCUT2D eigenvalue weighted by Gasteiger charge is 2.10. The van der Waals surface area contributed by atoms with Gasteiger partial charge >= 0.3 is 0 Å². The van der Waals surface area contributed by atoms with E-state index in [4.69, 9.17) is 11.6 Å². The average Bonchev–Trinajstić information content (AvgIpc) is 2.30. The standard InChI is InChI=1S/C11H13ClN2O/c12-11(15)9-1-3-10(4-2-9)14-7-5-13-6-8-14/h1-4,13H,5-8H2. The first-order valence-electron chi connectivity index (χ1n) is 5.03. The third-order valence-electron chi connectivity index (χ3n) is 2.58. The fourth-order valence-corrected chi connectivity index (χ4v) is 1.85. The zero-order valence-electron chi connectivity index (χ0n) is 8.37. The van der Waals surface area contributed by atoms with Gasteiger partial charge in [-0.1, -0.05) is 0 Å². The topological polar surface area (TPSA) is 32.3 Å². The summed E-state index contributed by atoms with van der Waals surface area (Å²) in [5, 5.41) is 2.90. The first-order valence-corrected chi connectivity index (χ1v) is 5.41. The van der Waals surface area contributed by atoms with Gasteiger partial charge in [-0.3, -0.25) is 4.79 Å². The van der Waals surface area contributed by atoms with Gasteiger partial charge in [-0.05, 0) is 35.9 Å². The molecule has 0 aromatic heterocycles. The van der Waals surface area contributed by atoms with Crippen molar-refractivity contribution in [2.24, 2.45) is 0 Å². The summed E-state index contributed by atoms with van der Waals surface area (Å²) in [5.74, 6) is 0. The van der Waals surface area contributed by atoms with Gasteiger partial charge in [-0.25, -0.2) is 0 Å². The van der Waals surface area contributed by atoms with Gasteiger partial charge in [0.25, 0.3) is 5.24 Å². The van der Waals surface area contributed by atoms with Crippen molar-refractivity contribution < 1.29 is 4.79 Å². The van der Waals surface area contributed by atoms with Crippen LogP contribution < -0.4 is 10.2 Å². The van der Waals surface area contributed by atoms with Gasteiger partial charge in [0.1, 0.15) is 0 Å². The molecule has 0 bridgehead atoms. The van der Waals surface area contributed by atoms with E-state index in [0.29, 0.717) is 5.56 Å². The van der Waals surface area contributed by atoms with Crippen molar-refractivity contribution in [3.05, 3.63) is 29.8 Å². The molecule has 0 atom stereocenters. The number of hydrogen-bond donors (Lipinski definition) is 1. The van der Waals surface area contributed by atoms with E-state index in [-0.39, 0.29) is 0 Å². The monoisotopic (exact) mass is 224 g/mol. The highest BCUT2D eigenvalue weighted by molar-refractivity contribution is 6.67. The first-order chi connectivity index (χ1) is 7.27. The second-order valence-corrected chi connectivity index (χ2v) is 3.90. The summed E-state index contributed by atoms with van der Waals surface area (Å²) in [6.07, 6.45) is 0. The molecule has 1 saturated heterocycles. The van der Waals surface area contributed by atoms with E-state index in [2.05, 4.69) is 10.2 Å². The molecule has 0 radical (unpaired) electrons. The Morgan fingerprint density at radius 2 is 1.80 bits per heavy atom. The summed E-state index contributed by atoms with van der Waals surface area (Å²) in [6, 6.07) is 7.43. The number of carbonyl (C=O) groups is 1. The molecule has 3 nitrogen and oxygen atoms in total. The van der Waals surface area contributed by atoms with E-state index in [1.807, 2.05) is 12.1 Å². The summed E-state index contributed by atoms with van der Waals surface area (Å²) in [4.78, 5) is 13.2. The van der Waals surface area contributed by atoms with Crippen LogP contribution in [0.3, 0.4) is 0 Å². The Kier molecular flexibility index (Phi) is 3.23. The highest BCUT2D eigenvalue weighted by atomic mass is 35.5. The normalized spacial score (nSPS) is 16.5. The molecular weight excluding hydrogens is 212 g/mol. The van der Waals surface area contributed by atoms with Crippen molar-refractivity contribution in [1.82, 2.24) is 5.32 Å². The van der Waals surface area contributed by atoms with Gasteiger partial charge in [-0.15, -0.1) is 0 Å². The van der Waals surface area contributed by atoms with Crippen LogP contribution in [0.25, 0.3) is 0 Å². The lowest BCUT2D eigenvalue weighted by atomic mass is 10.2. The lowest BCUT2D eigenvalue weighted by molar-refractivity contribution is 0.108. The highest BCUT2D eigenvalue weighted by Crippen LogP contribution is 2.16. The van der Waals surface area contributed by atoms with E-state index in [0.717, 1.165) is 31.9 Å². The summed E-state index contributed by atoms with van der Waals surface area (Å²) in [5.41, 5.74) is 1.70. The lowest BCUT2D eigenvalue weighted by Gasteiger charge is -2.29. The Hall–Kier alpha value is -1.06. The predicted molar refractivity (Wildman–Crippen MR) is 61.7 cm³/mol. The molecule has 15 heavy (non-hydrogen) atoms. The summed E-state index contributed by atoms with van der Waals surface area (Å²) in [6.45, 7) is 4.04. The Balaban J connectivity index is 2.11. The first kappa shape index (κ1) is 10.5. The molecule has 0 saturated carbocycles. The molecule has 0 amide bonds. The summed E-state index contributed by atoms with van der Waals surface area (Å²) in [7, 11) is 0. The van der Waals surface area contributed by atoms with Crippen molar-refractivity contribution in [3.8, 4) is 0 Å². The number of nitrogens with zero attached hydrogens (tertiary/aromatic N) is 1. The second-order valence-electron chi connectivity index (χ2n) is 3.56. The zero-order valence-corrected chi connectivity index (χ0v) is 9.13. The van der Waals surface area contributed by atoms with Crippen molar-refractivity contribution in [2.45, 2.75) is 0 Å². The van der Waals surface area contributed by atoms with Gasteiger partial charge in [0, 0.05) is 37.4 Å². The van der Waals surface area contributed by atoms with Crippen LogP contribution in [-0.4, -0.2) is 31.4 Å². The molecular formula is C11H13ClN2O. The van der Waals surface area contributed by atoms with Crippen molar-refractivity contribution in [1.29, 1.82) is 0 Å². The maximum absolute atomic E-state index is 10.9. The van der Waals surface area contributed by atoms with E-state index in [9.17, 15) is 4.79 Å². The molecule has 1 fully saturated rings. The molecule has 80 valence electrons. The van der Waals surface area contributed by atoms with Crippen LogP contribution in [0.5, 0.6) is 0 Å². The molecule has 0 spiro atoms. The van der Waals surface area contributed by atoms with Gasteiger partial charge in [-0.2, -0.15) is 0 Å². The van der Waals surface area contributed by atoms with Gasteiger partial charge in [0.2, 0.25) is 0 Å². The van der Waals surface area contributed by atoms with Crippen LogP contribution in [0.2, 0.25) is 0 Å². The number of anilines is 1. The quantitative estimate of drug-likeness (QED) is 0.773. The zero-order chi connectivity index (χ0) is 10.7. The fourth-order valence-electron chi connectivity index (χ4n) is 1.73. The van der Waals surface area contributed by atoms with Crippen LogP contribution in [0.1, 0.15) is 10.4 Å². The molecule has 1 N–H and O–H groups in total. The Morgan fingerprint density at radius 3 is 2.33 bits per heavy atom. The van der Waals surface area contributed by atoms with E-state index < -0.39 is 5.24 Å². The predicted octanol–water partition coefficient (Wildman–Crippen LogP) is 1.48. The maximum Gasteiger partial charge on any atom is 0.252 e. The largest absolute Gasteiger partial charge is 0.369 e. The third kappa shape index (κ3) is 2.49. The molecule has 1 aliphatic heterocycles. The van der Waals surface area contributed by atoms with Gasteiger partial charge < -0.3 is 10.2 Å². The molecule has 1 aromatic carbocycles. The molecule has 1 heterocycles. The number of hydrogen-bond acceptors (Lipinski definition) is 3. The number of carbonyl (C=O) groups excluding carboxylic acids is 1. The van der Waals surface area contributed by atoms with Crippen LogP contribution in [0.15, 0.2) is 24.3 Å². The summed E-state index contributed by atoms with van der Waals surface area (Å²) >= 11 is 5.38. The minimum Gasteiger partial charge on any atom is -0.369 e. The minimum atomic E-state index is -0.401. The average molecular weight is 225 g/mol. The third-order valence-corrected chi connectivity index (χ3v) is 2.79. The van der Waals surface area contributed by atoms with Gasteiger partial charge in [0.15, 0.2) is 0 Å². The Bertz CT molecular complexity index is 344. The molecule has 0 aliphatic carbocycles. The number of nitrogens with one attached hydrogen (secondary N) is 1. The van der Waals surface area contributed by atoms with E-state index in [1.165, 1.54) is 0 Å². The number of halogens is 1. The fraction of sp³-hybridized carbons (Fsp3) is 0.364. The molecule has 1 aromatic rings.